The molecule has 3 atom stereocenters. The minimum Gasteiger partial charge on any atom is -0.481 e. The standard InChI is InChI=1S/C17H18N2O4S/c20-17(21)14-9-13-6-7-15(14)19(13)24(22,23)10-12-4-1-3-11-5-2-8-18-16(11)12/h1-5,8,13-15H,6-7,9-10H2,(H,20,21). The van der Waals surface area contributed by atoms with Crippen LogP contribution in [-0.2, 0) is 20.6 Å². The van der Waals surface area contributed by atoms with Crippen LogP contribution >= 0.6 is 0 Å². The van der Waals surface area contributed by atoms with Gasteiger partial charge >= 0.3 is 5.97 Å². The number of benzene rings is 1. The third-order valence-corrected chi connectivity index (χ3v) is 7.05. The summed E-state index contributed by atoms with van der Waals surface area (Å²) in [6, 6.07) is 8.65. The molecule has 2 aromatic rings. The van der Waals surface area contributed by atoms with E-state index in [1.54, 1.807) is 12.3 Å². The minimum atomic E-state index is -3.58. The van der Waals surface area contributed by atoms with Crippen molar-refractivity contribution < 1.29 is 18.3 Å². The van der Waals surface area contributed by atoms with Crippen molar-refractivity contribution in [3.8, 4) is 0 Å². The van der Waals surface area contributed by atoms with Gasteiger partial charge in [-0.15, -0.1) is 0 Å². The third-order valence-electron chi connectivity index (χ3n) is 5.17. The van der Waals surface area contributed by atoms with Crippen LogP contribution in [0.2, 0.25) is 0 Å². The van der Waals surface area contributed by atoms with E-state index in [2.05, 4.69) is 4.98 Å². The maximum Gasteiger partial charge on any atom is 0.308 e. The van der Waals surface area contributed by atoms with Gasteiger partial charge in [-0.2, -0.15) is 4.31 Å². The summed E-state index contributed by atoms with van der Waals surface area (Å²) in [4.78, 5) is 15.7. The van der Waals surface area contributed by atoms with Crippen molar-refractivity contribution in [2.24, 2.45) is 5.92 Å². The van der Waals surface area contributed by atoms with Crippen molar-refractivity contribution in [3.63, 3.8) is 0 Å². The Bertz CT molecular complexity index is 906. The Hall–Kier alpha value is -1.99. The molecule has 2 fully saturated rings. The molecular formula is C17H18N2O4S. The van der Waals surface area contributed by atoms with Crippen molar-refractivity contribution in [2.45, 2.75) is 37.1 Å². The molecule has 6 nitrogen and oxygen atoms in total. The fourth-order valence-corrected chi connectivity index (χ4v) is 6.28. The summed E-state index contributed by atoms with van der Waals surface area (Å²) in [7, 11) is -3.58. The maximum atomic E-state index is 13.0. The number of carbonyl (C=O) groups is 1. The molecule has 2 aliphatic heterocycles. The zero-order valence-electron chi connectivity index (χ0n) is 13.0. The van der Waals surface area contributed by atoms with Crippen LogP contribution in [0, 0.1) is 5.92 Å². The number of para-hydroxylation sites is 1. The molecule has 0 saturated carbocycles. The summed E-state index contributed by atoms with van der Waals surface area (Å²) in [6.07, 6.45) is 3.46. The van der Waals surface area contributed by atoms with E-state index in [4.69, 9.17) is 0 Å². The predicted molar refractivity (Wildman–Crippen MR) is 88.8 cm³/mol. The number of rotatable bonds is 4. The van der Waals surface area contributed by atoms with Crippen molar-refractivity contribution in [1.82, 2.24) is 9.29 Å². The van der Waals surface area contributed by atoms with Crippen molar-refractivity contribution in [2.75, 3.05) is 0 Å². The van der Waals surface area contributed by atoms with Gasteiger partial charge in [0.15, 0.2) is 0 Å². The molecule has 1 N–H and O–H groups in total. The van der Waals surface area contributed by atoms with Crippen LogP contribution in [0.25, 0.3) is 10.9 Å². The van der Waals surface area contributed by atoms with E-state index >= 15 is 0 Å². The second kappa shape index (κ2) is 5.53. The lowest BCUT2D eigenvalue weighted by atomic mass is 9.89. The average molecular weight is 346 g/mol. The number of aromatic nitrogens is 1. The van der Waals surface area contributed by atoms with Gasteiger partial charge < -0.3 is 5.11 Å². The summed E-state index contributed by atoms with van der Waals surface area (Å²) >= 11 is 0. The van der Waals surface area contributed by atoms with Crippen LogP contribution in [0.4, 0.5) is 0 Å². The van der Waals surface area contributed by atoms with Crippen LogP contribution < -0.4 is 0 Å². The second-order valence-electron chi connectivity index (χ2n) is 6.56. The lowest BCUT2D eigenvalue weighted by molar-refractivity contribution is -0.142. The molecule has 3 heterocycles. The number of carboxylic acids is 1. The fraction of sp³-hybridized carbons (Fsp3) is 0.412. The lowest BCUT2D eigenvalue weighted by Crippen LogP contribution is -2.38. The molecule has 3 unspecified atom stereocenters. The quantitative estimate of drug-likeness (QED) is 0.915. The van der Waals surface area contributed by atoms with Crippen LogP contribution in [0.5, 0.6) is 0 Å². The highest BCUT2D eigenvalue weighted by molar-refractivity contribution is 7.88. The van der Waals surface area contributed by atoms with Crippen molar-refractivity contribution >= 4 is 26.9 Å². The van der Waals surface area contributed by atoms with E-state index < -0.39 is 28.0 Å². The minimum absolute atomic E-state index is 0.138. The molecule has 0 aliphatic carbocycles. The van der Waals surface area contributed by atoms with E-state index in [1.165, 1.54) is 4.31 Å². The van der Waals surface area contributed by atoms with Crippen molar-refractivity contribution in [3.05, 3.63) is 42.1 Å². The molecule has 1 aromatic heterocycles. The Kier molecular flexibility index (Phi) is 3.58. The van der Waals surface area contributed by atoms with Gasteiger partial charge in [0.1, 0.15) is 0 Å². The number of sulfonamides is 1. The Labute approximate surface area is 140 Å². The largest absolute Gasteiger partial charge is 0.481 e. The van der Waals surface area contributed by atoms with Crippen LogP contribution in [0.3, 0.4) is 0 Å². The Morgan fingerprint density at radius 2 is 2.04 bits per heavy atom. The molecule has 4 rings (SSSR count). The molecule has 1 aromatic carbocycles. The monoisotopic (exact) mass is 346 g/mol. The molecular weight excluding hydrogens is 328 g/mol. The molecule has 0 radical (unpaired) electrons. The molecule has 126 valence electrons. The first-order valence-electron chi connectivity index (χ1n) is 8.04. The lowest BCUT2D eigenvalue weighted by Gasteiger charge is -2.22. The number of nitrogens with zero attached hydrogens (tertiary/aromatic N) is 2. The molecule has 7 heteroatoms. The summed E-state index contributed by atoms with van der Waals surface area (Å²) < 4.78 is 27.4. The molecule has 0 amide bonds. The topological polar surface area (TPSA) is 87.6 Å². The number of carboxylic acid groups (broad SMARTS) is 1. The van der Waals surface area contributed by atoms with E-state index in [-0.39, 0.29) is 11.8 Å². The van der Waals surface area contributed by atoms with Crippen LogP contribution in [0.1, 0.15) is 24.8 Å². The highest BCUT2D eigenvalue weighted by atomic mass is 32.2. The Morgan fingerprint density at radius 3 is 2.79 bits per heavy atom. The van der Waals surface area contributed by atoms with E-state index in [0.29, 0.717) is 23.9 Å². The second-order valence-corrected chi connectivity index (χ2v) is 8.43. The molecule has 0 spiro atoms. The number of aliphatic carboxylic acids is 1. The molecule has 2 aliphatic rings. The molecule has 2 saturated heterocycles. The zero-order valence-corrected chi connectivity index (χ0v) is 13.8. The van der Waals surface area contributed by atoms with Gasteiger partial charge in [0.25, 0.3) is 0 Å². The van der Waals surface area contributed by atoms with Gasteiger partial charge in [0.05, 0.1) is 17.2 Å². The number of pyridine rings is 1. The first-order chi connectivity index (χ1) is 11.5. The number of hydrogen-bond acceptors (Lipinski definition) is 4. The van der Waals surface area contributed by atoms with Gasteiger partial charge in [0, 0.05) is 23.7 Å². The highest BCUT2D eigenvalue weighted by Crippen LogP contribution is 2.44. The Morgan fingerprint density at radius 1 is 1.25 bits per heavy atom. The molecule has 2 bridgehead atoms. The first-order valence-corrected chi connectivity index (χ1v) is 9.65. The predicted octanol–water partition coefficient (Wildman–Crippen LogP) is 2.00. The zero-order chi connectivity index (χ0) is 16.9. The Balaban J connectivity index is 1.68. The summed E-state index contributed by atoms with van der Waals surface area (Å²) in [6.45, 7) is 0. The summed E-state index contributed by atoms with van der Waals surface area (Å²) in [5, 5.41) is 10.2. The van der Waals surface area contributed by atoms with Crippen LogP contribution in [-0.4, -0.2) is 40.9 Å². The van der Waals surface area contributed by atoms with Gasteiger partial charge in [0.2, 0.25) is 10.0 Å². The van der Waals surface area contributed by atoms with Gasteiger partial charge in [-0.3, -0.25) is 9.78 Å². The first kappa shape index (κ1) is 15.5. The maximum absolute atomic E-state index is 13.0. The highest BCUT2D eigenvalue weighted by Gasteiger charge is 2.53. The molecule has 24 heavy (non-hydrogen) atoms. The smallest absolute Gasteiger partial charge is 0.308 e. The third kappa shape index (κ3) is 2.39. The fourth-order valence-electron chi connectivity index (χ4n) is 4.19. The van der Waals surface area contributed by atoms with E-state index in [9.17, 15) is 18.3 Å². The van der Waals surface area contributed by atoms with Crippen LogP contribution in [0.15, 0.2) is 36.5 Å². The summed E-state index contributed by atoms with van der Waals surface area (Å²) in [5.41, 5.74) is 1.34. The van der Waals surface area contributed by atoms with E-state index in [1.807, 2.05) is 24.3 Å². The van der Waals surface area contributed by atoms with Gasteiger partial charge in [-0.25, -0.2) is 8.42 Å². The van der Waals surface area contributed by atoms with Gasteiger partial charge in [-0.05, 0) is 30.9 Å². The number of hydrogen-bond donors (Lipinski definition) is 1. The van der Waals surface area contributed by atoms with Gasteiger partial charge in [-0.1, -0.05) is 24.3 Å². The van der Waals surface area contributed by atoms with Crippen molar-refractivity contribution in [1.29, 1.82) is 0 Å². The van der Waals surface area contributed by atoms with E-state index in [0.717, 1.165) is 11.8 Å². The number of fused-ring (bicyclic) bond motifs is 3. The summed E-state index contributed by atoms with van der Waals surface area (Å²) in [5.74, 6) is -1.61. The average Bonchev–Trinajstić information content (AvgIpc) is 3.14. The SMILES string of the molecule is O=C(O)C1CC2CCC1N2S(=O)(=O)Cc1cccc2cccnc12. The normalized spacial score (nSPS) is 26.9.